The van der Waals surface area contributed by atoms with Crippen LogP contribution in [0.5, 0.6) is 0 Å². The zero-order valence-corrected chi connectivity index (χ0v) is 11.8. The lowest BCUT2D eigenvalue weighted by atomic mass is 9.88. The van der Waals surface area contributed by atoms with E-state index in [1.807, 2.05) is 6.07 Å². The fraction of sp³-hybridized carbons (Fsp3) is 0.615. The Labute approximate surface area is 115 Å². The first-order chi connectivity index (χ1) is 9.10. The number of rotatable bonds is 3. The first-order valence-corrected chi connectivity index (χ1v) is 7.62. The van der Waals surface area contributed by atoms with Gasteiger partial charge in [-0.2, -0.15) is 17.0 Å². The van der Waals surface area contributed by atoms with Crippen molar-refractivity contribution in [1.82, 2.24) is 9.55 Å². The Bertz CT molecular complexity index is 606. The van der Waals surface area contributed by atoms with Gasteiger partial charge in [0.2, 0.25) is 0 Å². The zero-order valence-electron chi connectivity index (χ0n) is 10.9. The second kappa shape index (κ2) is 5.66. The van der Waals surface area contributed by atoms with Crippen LogP contribution in [-0.2, 0) is 6.54 Å². The van der Waals surface area contributed by atoms with Crippen molar-refractivity contribution in [2.45, 2.75) is 43.4 Å². The number of hydrogen-bond donors (Lipinski definition) is 1. The first kappa shape index (κ1) is 13.9. The third kappa shape index (κ3) is 2.92. The molecular weight excluding hydrogens is 262 g/mol. The van der Waals surface area contributed by atoms with Gasteiger partial charge in [-0.3, -0.25) is 14.3 Å². The highest BCUT2D eigenvalue weighted by molar-refractivity contribution is 8.00. The topological polar surface area (TPSA) is 78.7 Å². The summed E-state index contributed by atoms with van der Waals surface area (Å²) in [6, 6.07) is 1.82. The summed E-state index contributed by atoms with van der Waals surface area (Å²) in [6.45, 7) is 0.554. The van der Waals surface area contributed by atoms with E-state index >= 15 is 0 Å². The van der Waals surface area contributed by atoms with Crippen LogP contribution in [-0.4, -0.2) is 20.6 Å². The Morgan fingerprint density at radius 2 is 2.11 bits per heavy atom. The lowest BCUT2D eigenvalue weighted by Gasteiger charge is -2.36. The van der Waals surface area contributed by atoms with Crippen LogP contribution in [0.25, 0.3) is 0 Å². The molecule has 102 valence electrons. The fourth-order valence-corrected chi connectivity index (χ4v) is 3.60. The summed E-state index contributed by atoms with van der Waals surface area (Å²) in [5.74, 6) is 0. The van der Waals surface area contributed by atoms with Crippen molar-refractivity contribution in [3.63, 3.8) is 0 Å². The normalized spacial score (nSPS) is 17.9. The molecule has 1 aromatic rings. The quantitative estimate of drug-likeness (QED) is 0.909. The number of nitrogens with one attached hydrogen (secondary N) is 1. The molecule has 0 amide bonds. The van der Waals surface area contributed by atoms with Gasteiger partial charge in [0.25, 0.3) is 5.56 Å². The molecule has 0 saturated heterocycles. The lowest BCUT2D eigenvalue weighted by Crippen LogP contribution is -2.40. The first-order valence-electron chi connectivity index (χ1n) is 6.39. The molecule has 0 bridgehead atoms. The third-order valence-corrected chi connectivity index (χ3v) is 5.19. The van der Waals surface area contributed by atoms with E-state index in [0.717, 1.165) is 12.8 Å². The molecule has 1 aliphatic carbocycles. The highest BCUT2D eigenvalue weighted by Crippen LogP contribution is 2.39. The maximum absolute atomic E-state index is 11.8. The Morgan fingerprint density at radius 3 is 2.68 bits per heavy atom. The van der Waals surface area contributed by atoms with Gasteiger partial charge in [0.05, 0.1) is 0 Å². The van der Waals surface area contributed by atoms with Crippen LogP contribution in [0.2, 0.25) is 0 Å². The van der Waals surface area contributed by atoms with Gasteiger partial charge in [0, 0.05) is 17.5 Å². The molecule has 0 radical (unpaired) electrons. The molecule has 19 heavy (non-hydrogen) atoms. The van der Waals surface area contributed by atoms with E-state index < -0.39 is 11.2 Å². The van der Waals surface area contributed by atoms with Crippen molar-refractivity contribution in [2.75, 3.05) is 6.26 Å². The average Bonchev–Trinajstić information content (AvgIpc) is 2.43. The Morgan fingerprint density at radius 1 is 1.42 bits per heavy atom. The Balaban J connectivity index is 2.35. The minimum atomic E-state index is -0.606. The summed E-state index contributed by atoms with van der Waals surface area (Å²) < 4.78 is 1.52. The van der Waals surface area contributed by atoms with Crippen LogP contribution in [0, 0.1) is 11.3 Å². The summed E-state index contributed by atoms with van der Waals surface area (Å²) in [6.07, 6.45) is 9.17. The lowest BCUT2D eigenvalue weighted by molar-refractivity contribution is 0.352. The van der Waals surface area contributed by atoms with Crippen molar-refractivity contribution < 1.29 is 0 Å². The Kier molecular flexibility index (Phi) is 4.15. The van der Waals surface area contributed by atoms with Crippen molar-refractivity contribution in [2.24, 2.45) is 0 Å². The standard InChI is InChI=1S/C13H17N3O2S/c1-19-13(5-3-2-4-6-13)9-16-8-10(7-14)11(17)15-12(16)18/h8H,2-6,9H2,1H3,(H,15,17,18). The van der Waals surface area contributed by atoms with Crippen LogP contribution in [0.4, 0.5) is 0 Å². The van der Waals surface area contributed by atoms with Crippen molar-refractivity contribution in [1.29, 1.82) is 5.26 Å². The van der Waals surface area contributed by atoms with Crippen molar-refractivity contribution >= 4 is 11.8 Å². The highest BCUT2D eigenvalue weighted by atomic mass is 32.2. The smallest absolute Gasteiger partial charge is 0.298 e. The molecular formula is C13H17N3O2S. The van der Waals surface area contributed by atoms with Gasteiger partial charge in [0.1, 0.15) is 11.6 Å². The van der Waals surface area contributed by atoms with E-state index in [1.165, 1.54) is 30.0 Å². The minimum absolute atomic E-state index is 0.00772. The number of aromatic amines is 1. The van der Waals surface area contributed by atoms with Gasteiger partial charge in [-0.05, 0) is 19.1 Å². The van der Waals surface area contributed by atoms with E-state index in [1.54, 1.807) is 11.8 Å². The van der Waals surface area contributed by atoms with E-state index in [2.05, 4.69) is 11.2 Å². The molecule has 0 atom stereocenters. The molecule has 0 aromatic carbocycles. The SMILES string of the molecule is CSC1(Cn2cc(C#N)c(=O)[nH]c2=O)CCCCC1. The molecule has 6 heteroatoms. The zero-order chi connectivity index (χ0) is 13.9. The average molecular weight is 279 g/mol. The number of H-pyrrole nitrogens is 1. The maximum atomic E-state index is 11.8. The molecule has 1 N–H and O–H groups in total. The fourth-order valence-electron chi connectivity index (χ4n) is 2.64. The molecule has 1 heterocycles. The van der Waals surface area contributed by atoms with Crippen LogP contribution in [0.3, 0.4) is 0 Å². The molecule has 5 nitrogen and oxygen atoms in total. The van der Waals surface area contributed by atoms with Crippen LogP contribution >= 0.6 is 11.8 Å². The van der Waals surface area contributed by atoms with Gasteiger partial charge in [-0.15, -0.1) is 0 Å². The van der Waals surface area contributed by atoms with E-state index in [4.69, 9.17) is 5.26 Å². The number of hydrogen-bond acceptors (Lipinski definition) is 4. The second-order valence-corrected chi connectivity index (χ2v) is 6.26. The molecule has 0 unspecified atom stereocenters. The second-order valence-electron chi connectivity index (χ2n) is 4.99. The van der Waals surface area contributed by atoms with Crippen LogP contribution in [0.15, 0.2) is 15.8 Å². The summed E-state index contributed by atoms with van der Waals surface area (Å²) in [5.41, 5.74) is -1.04. The molecule has 1 aliphatic rings. The third-order valence-electron chi connectivity index (χ3n) is 3.79. The predicted octanol–water partition coefficient (Wildman–Crippen LogP) is 1.47. The molecule has 2 rings (SSSR count). The summed E-state index contributed by atoms with van der Waals surface area (Å²) in [5, 5.41) is 8.87. The van der Waals surface area contributed by atoms with Crippen LogP contribution in [0.1, 0.15) is 37.7 Å². The van der Waals surface area contributed by atoms with E-state index in [9.17, 15) is 9.59 Å². The molecule has 1 aromatic heterocycles. The van der Waals surface area contributed by atoms with E-state index in [-0.39, 0.29) is 10.3 Å². The van der Waals surface area contributed by atoms with Crippen molar-refractivity contribution in [3.8, 4) is 6.07 Å². The number of aromatic nitrogens is 2. The minimum Gasteiger partial charge on any atom is -0.298 e. The van der Waals surface area contributed by atoms with Crippen molar-refractivity contribution in [3.05, 3.63) is 32.6 Å². The van der Waals surface area contributed by atoms with Gasteiger partial charge < -0.3 is 0 Å². The van der Waals surface area contributed by atoms with Gasteiger partial charge in [-0.1, -0.05) is 19.3 Å². The van der Waals surface area contributed by atoms with Crippen LogP contribution < -0.4 is 11.2 Å². The summed E-state index contributed by atoms with van der Waals surface area (Å²) >= 11 is 1.78. The van der Waals surface area contributed by atoms with Gasteiger partial charge in [0.15, 0.2) is 0 Å². The number of thioether (sulfide) groups is 1. The highest BCUT2D eigenvalue weighted by Gasteiger charge is 2.32. The summed E-state index contributed by atoms with van der Waals surface area (Å²) in [4.78, 5) is 25.4. The summed E-state index contributed by atoms with van der Waals surface area (Å²) in [7, 11) is 0. The van der Waals surface area contributed by atoms with Gasteiger partial charge >= 0.3 is 5.69 Å². The van der Waals surface area contributed by atoms with E-state index in [0.29, 0.717) is 6.54 Å². The Hall–Kier alpha value is -1.48. The predicted molar refractivity (Wildman–Crippen MR) is 75.4 cm³/mol. The molecule has 0 spiro atoms. The molecule has 0 aliphatic heterocycles. The maximum Gasteiger partial charge on any atom is 0.328 e. The number of nitrogens with zero attached hydrogens (tertiary/aromatic N) is 2. The number of nitriles is 1. The molecule has 1 fully saturated rings. The van der Waals surface area contributed by atoms with Gasteiger partial charge in [-0.25, -0.2) is 4.79 Å². The monoisotopic (exact) mass is 279 g/mol. The largest absolute Gasteiger partial charge is 0.328 e. The molecule has 1 saturated carbocycles.